The quantitative estimate of drug-likeness (QED) is 0.588. The van der Waals surface area contributed by atoms with E-state index in [1.807, 2.05) is 19.9 Å². The molecule has 0 bridgehead atoms. The number of carbonyl (C=O) groups is 1. The largest absolute Gasteiger partial charge is 1.00 e. The number of benzene rings is 1. The van der Waals surface area contributed by atoms with Gasteiger partial charge in [0, 0.05) is 6.07 Å². The second-order valence-electron chi connectivity index (χ2n) is 6.15. The van der Waals surface area contributed by atoms with Gasteiger partial charge < -0.3 is 24.2 Å². The van der Waals surface area contributed by atoms with Gasteiger partial charge in [-0.1, -0.05) is 26.7 Å². The van der Waals surface area contributed by atoms with Gasteiger partial charge >= 0.3 is 29.6 Å². The van der Waals surface area contributed by atoms with Crippen molar-refractivity contribution in [2.45, 2.75) is 52.6 Å². The molecule has 7 heteroatoms. The Morgan fingerprint density at radius 3 is 2.38 bits per heavy atom. The van der Waals surface area contributed by atoms with Gasteiger partial charge in [-0.25, -0.2) is 0 Å². The fourth-order valence-corrected chi connectivity index (χ4v) is 2.82. The molecule has 6 nitrogen and oxygen atoms in total. The van der Waals surface area contributed by atoms with Crippen molar-refractivity contribution in [3.05, 3.63) is 39.2 Å². The van der Waals surface area contributed by atoms with E-state index in [0.29, 0.717) is 18.6 Å². The van der Waals surface area contributed by atoms with Crippen molar-refractivity contribution in [1.29, 1.82) is 0 Å². The molecule has 0 fully saturated rings. The summed E-state index contributed by atoms with van der Waals surface area (Å²) in [6.07, 6.45) is 2.31. The summed E-state index contributed by atoms with van der Waals surface area (Å²) < 4.78 is 11.2. The van der Waals surface area contributed by atoms with Crippen molar-refractivity contribution in [1.82, 2.24) is 0 Å². The maximum absolute atomic E-state index is 12.6. The normalized spacial score (nSPS) is 11.8. The number of ether oxygens (including phenoxy) is 1. The molecular formula is C19H23NaO6. The molecule has 0 spiro atoms. The summed E-state index contributed by atoms with van der Waals surface area (Å²) in [5.74, 6) is -1.68. The number of carboxylic acid groups (broad SMARTS) is 1. The summed E-state index contributed by atoms with van der Waals surface area (Å²) >= 11 is 0. The smallest absolute Gasteiger partial charge is 0.542 e. The molecule has 1 atom stereocenters. The molecule has 1 heterocycles. The maximum Gasteiger partial charge on any atom is 1.00 e. The molecule has 0 aliphatic carbocycles. The Hall–Kier alpha value is -1.34. The van der Waals surface area contributed by atoms with Crippen LogP contribution in [0.25, 0.3) is 11.0 Å². The molecule has 136 valence electrons. The Bertz CT molecular complexity index is 825. The van der Waals surface area contributed by atoms with Gasteiger partial charge in [-0.15, -0.1) is 0 Å². The predicted octanol–water partition coefficient (Wildman–Crippen LogP) is -1.17. The number of carboxylic acids is 1. The van der Waals surface area contributed by atoms with E-state index in [-0.39, 0.29) is 47.1 Å². The molecule has 26 heavy (non-hydrogen) atoms. The van der Waals surface area contributed by atoms with Crippen LogP contribution in [-0.4, -0.2) is 23.8 Å². The molecule has 0 radical (unpaired) electrons. The van der Waals surface area contributed by atoms with Crippen LogP contribution in [-0.2, 0) is 12.8 Å². The summed E-state index contributed by atoms with van der Waals surface area (Å²) in [7, 11) is 0. The second-order valence-corrected chi connectivity index (χ2v) is 6.15. The van der Waals surface area contributed by atoms with Crippen LogP contribution in [0.4, 0.5) is 0 Å². The zero-order valence-electron chi connectivity index (χ0n) is 15.8. The van der Waals surface area contributed by atoms with Crippen LogP contribution in [0.1, 0.15) is 55.3 Å². The average Bonchev–Trinajstić information content (AvgIpc) is 2.54. The van der Waals surface area contributed by atoms with Crippen molar-refractivity contribution in [3.8, 4) is 5.75 Å². The van der Waals surface area contributed by atoms with Crippen LogP contribution in [0.3, 0.4) is 0 Å². The first-order valence-corrected chi connectivity index (χ1v) is 8.53. The molecule has 2 aromatic rings. The Kier molecular flexibility index (Phi) is 8.83. The number of rotatable bonds is 8. The Morgan fingerprint density at radius 1 is 1.23 bits per heavy atom. The average molecular weight is 370 g/mol. The third kappa shape index (κ3) is 5.10. The van der Waals surface area contributed by atoms with Gasteiger partial charge in [-0.05, 0) is 37.0 Å². The zero-order chi connectivity index (χ0) is 18.6. The Balaban J connectivity index is 0.00000338. The van der Waals surface area contributed by atoms with Gasteiger partial charge in [0.1, 0.15) is 29.3 Å². The number of carbonyl (C=O) groups excluding carboxylic acids is 1. The third-order valence-corrected chi connectivity index (χ3v) is 3.82. The summed E-state index contributed by atoms with van der Waals surface area (Å²) in [5.41, 5.74) is 1.35. The van der Waals surface area contributed by atoms with Crippen molar-refractivity contribution in [2.24, 2.45) is 0 Å². The number of fused-ring (bicyclic) bond motifs is 1. The van der Waals surface area contributed by atoms with Gasteiger partial charge in [0.2, 0.25) is 0 Å². The van der Waals surface area contributed by atoms with E-state index in [1.165, 1.54) is 0 Å². The van der Waals surface area contributed by atoms with Crippen molar-refractivity contribution in [2.75, 3.05) is 6.61 Å². The first-order valence-electron chi connectivity index (χ1n) is 8.53. The molecule has 2 rings (SSSR count). The molecule has 0 aliphatic rings. The fourth-order valence-electron chi connectivity index (χ4n) is 2.82. The van der Waals surface area contributed by atoms with Crippen LogP contribution in [0, 0.1) is 0 Å². The van der Waals surface area contributed by atoms with Crippen LogP contribution < -0.4 is 44.8 Å². The second kappa shape index (κ2) is 10.1. The molecular weight excluding hydrogens is 347 g/mol. The van der Waals surface area contributed by atoms with Crippen molar-refractivity contribution < 1.29 is 53.7 Å². The SMILES string of the molecule is CCCc1cc(CCC)c2oc(C(=O)[O-])cc(=O)c2c1OCC(C)O.[Na+]. The van der Waals surface area contributed by atoms with E-state index in [4.69, 9.17) is 9.15 Å². The minimum absolute atomic E-state index is 0. The molecule has 0 amide bonds. The number of aliphatic hydroxyl groups excluding tert-OH is 1. The van der Waals surface area contributed by atoms with Gasteiger partial charge in [-0.2, -0.15) is 0 Å². The predicted molar refractivity (Wildman–Crippen MR) is 92.0 cm³/mol. The first kappa shape index (κ1) is 22.7. The van der Waals surface area contributed by atoms with E-state index in [2.05, 4.69) is 0 Å². The standard InChI is InChI=1S/C19H24O6.Na/c1-4-6-12-8-13(7-5-2)18-16(17(12)24-10-11(3)20)14(21)9-15(25-18)19(22)23;/h8-9,11,20H,4-7,10H2,1-3H3,(H,22,23);/q;+1/p-1. The number of hydrogen-bond donors (Lipinski definition) is 1. The Morgan fingerprint density at radius 2 is 1.85 bits per heavy atom. The number of aromatic carboxylic acids is 1. The monoisotopic (exact) mass is 370 g/mol. The first-order chi connectivity index (χ1) is 11.9. The van der Waals surface area contributed by atoms with E-state index in [1.54, 1.807) is 6.92 Å². The van der Waals surface area contributed by atoms with Crippen molar-refractivity contribution >= 4 is 16.9 Å². The minimum atomic E-state index is -1.54. The molecule has 0 saturated heterocycles. The van der Waals surface area contributed by atoms with E-state index in [0.717, 1.165) is 30.0 Å². The Labute approximate surface area is 174 Å². The molecule has 1 aromatic carbocycles. The molecule has 0 saturated carbocycles. The maximum atomic E-state index is 12.6. The zero-order valence-corrected chi connectivity index (χ0v) is 17.8. The number of aryl methyl sites for hydroxylation is 2. The van der Waals surface area contributed by atoms with Gasteiger partial charge in [0.25, 0.3) is 0 Å². The topological polar surface area (TPSA) is 99.8 Å². The molecule has 1 unspecified atom stereocenters. The number of hydrogen-bond acceptors (Lipinski definition) is 6. The summed E-state index contributed by atoms with van der Waals surface area (Å²) in [6.45, 7) is 5.62. The summed E-state index contributed by atoms with van der Waals surface area (Å²) in [4.78, 5) is 23.7. The van der Waals surface area contributed by atoms with E-state index < -0.39 is 23.3 Å². The summed E-state index contributed by atoms with van der Waals surface area (Å²) in [5, 5.41) is 20.9. The van der Waals surface area contributed by atoms with E-state index in [9.17, 15) is 19.8 Å². The van der Waals surface area contributed by atoms with Crippen LogP contribution in [0.5, 0.6) is 5.75 Å². The molecule has 0 aliphatic heterocycles. The molecule has 1 N–H and O–H groups in total. The van der Waals surface area contributed by atoms with Gasteiger partial charge in [0.05, 0.1) is 6.10 Å². The third-order valence-electron chi connectivity index (χ3n) is 3.82. The van der Waals surface area contributed by atoms with Gasteiger partial charge in [-0.3, -0.25) is 4.79 Å². The van der Waals surface area contributed by atoms with Gasteiger partial charge in [0.15, 0.2) is 11.2 Å². The van der Waals surface area contributed by atoms with Crippen LogP contribution in [0.15, 0.2) is 21.3 Å². The summed E-state index contributed by atoms with van der Waals surface area (Å²) in [6, 6.07) is 2.81. The van der Waals surface area contributed by atoms with Crippen LogP contribution in [0.2, 0.25) is 0 Å². The minimum Gasteiger partial charge on any atom is -0.542 e. The number of aliphatic hydroxyl groups is 1. The van der Waals surface area contributed by atoms with Crippen LogP contribution >= 0.6 is 0 Å². The van der Waals surface area contributed by atoms with E-state index >= 15 is 0 Å². The van der Waals surface area contributed by atoms with Crippen molar-refractivity contribution in [3.63, 3.8) is 0 Å². The fraction of sp³-hybridized carbons (Fsp3) is 0.474. The molecule has 1 aromatic heterocycles.